The Morgan fingerprint density at radius 2 is 1.86 bits per heavy atom. The first-order valence-corrected chi connectivity index (χ1v) is 7.48. The van der Waals surface area contributed by atoms with E-state index in [1.54, 1.807) is 0 Å². The summed E-state index contributed by atoms with van der Waals surface area (Å²) in [6.07, 6.45) is 0. The predicted molar refractivity (Wildman–Crippen MR) is 85.1 cm³/mol. The zero-order chi connectivity index (χ0) is 16.3. The summed E-state index contributed by atoms with van der Waals surface area (Å²) in [5.41, 5.74) is 2.27. The topological polar surface area (TPSA) is 68.0 Å². The van der Waals surface area contributed by atoms with Crippen molar-refractivity contribution >= 4 is 5.91 Å². The Morgan fingerprint density at radius 1 is 1.23 bits per heavy atom. The van der Waals surface area contributed by atoms with Gasteiger partial charge in [0.25, 0.3) is 0 Å². The third kappa shape index (κ3) is 3.93. The molecule has 0 atom stereocenters. The average Bonchev–Trinajstić information content (AvgIpc) is 2.92. The molecule has 2 rings (SSSR count). The molecule has 118 valence electrons. The Labute approximate surface area is 131 Å². The summed E-state index contributed by atoms with van der Waals surface area (Å²) in [5, 5.41) is 6.72. The van der Waals surface area contributed by atoms with E-state index in [1.807, 2.05) is 26.0 Å². The van der Waals surface area contributed by atoms with Crippen LogP contribution in [0.3, 0.4) is 0 Å². The molecule has 5 heteroatoms. The fraction of sp³-hybridized carbons (Fsp3) is 0.471. The maximum atomic E-state index is 11.5. The number of carbonyl (C=O) groups excluding carboxylic acids is 1. The van der Waals surface area contributed by atoms with Gasteiger partial charge in [-0.3, -0.25) is 4.79 Å². The van der Waals surface area contributed by atoms with Crippen LogP contribution < -0.4 is 5.32 Å². The molecule has 5 nitrogen and oxygen atoms in total. The van der Waals surface area contributed by atoms with Gasteiger partial charge in [0.1, 0.15) is 0 Å². The van der Waals surface area contributed by atoms with Gasteiger partial charge in [-0.2, -0.15) is 4.98 Å². The molecule has 0 fully saturated rings. The first-order valence-electron chi connectivity index (χ1n) is 7.48. The van der Waals surface area contributed by atoms with E-state index in [9.17, 15) is 4.79 Å². The van der Waals surface area contributed by atoms with E-state index in [0.29, 0.717) is 11.7 Å². The summed E-state index contributed by atoms with van der Waals surface area (Å²) in [7, 11) is 0. The number of rotatable bonds is 4. The molecule has 1 heterocycles. The molecular weight excluding hydrogens is 278 g/mol. The maximum Gasteiger partial charge on any atom is 0.246 e. The minimum atomic E-state index is -0.0627. The van der Waals surface area contributed by atoms with Crippen molar-refractivity contribution in [1.29, 1.82) is 0 Å². The SMILES string of the molecule is CC(C)C(=O)NCc1nc(-c2ccc(C(C)(C)C)cc2)no1. The Bertz CT molecular complexity index is 637. The lowest BCUT2D eigenvalue weighted by Crippen LogP contribution is -2.27. The van der Waals surface area contributed by atoms with Gasteiger partial charge in [0, 0.05) is 11.5 Å². The minimum Gasteiger partial charge on any atom is -0.347 e. The number of nitrogens with zero attached hydrogens (tertiary/aromatic N) is 2. The fourth-order valence-electron chi connectivity index (χ4n) is 1.93. The van der Waals surface area contributed by atoms with Crippen molar-refractivity contribution in [3.8, 4) is 11.4 Å². The molecule has 1 N–H and O–H groups in total. The smallest absolute Gasteiger partial charge is 0.246 e. The van der Waals surface area contributed by atoms with Crippen molar-refractivity contribution in [2.75, 3.05) is 0 Å². The molecular formula is C17H23N3O2. The molecule has 1 amide bonds. The van der Waals surface area contributed by atoms with Gasteiger partial charge < -0.3 is 9.84 Å². The van der Waals surface area contributed by atoms with Crippen LogP contribution in [-0.4, -0.2) is 16.0 Å². The van der Waals surface area contributed by atoms with Crippen molar-refractivity contribution in [2.24, 2.45) is 5.92 Å². The van der Waals surface area contributed by atoms with Crippen LogP contribution in [-0.2, 0) is 16.8 Å². The summed E-state index contributed by atoms with van der Waals surface area (Å²) in [6, 6.07) is 8.13. The van der Waals surface area contributed by atoms with Crippen molar-refractivity contribution in [1.82, 2.24) is 15.5 Å². The van der Waals surface area contributed by atoms with E-state index >= 15 is 0 Å². The number of aromatic nitrogens is 2. The zero-order valence-electron chi connectivity index (χ0n) is 13.8. The van der Waals surface area contributed by atoms with Gasteiger partial charge in [0.2, 0.25) is 17.6 Å². The lowest BCUT2D eigenvalue weighted by atomic mass is 9.87. The predicted octanol–water partition coefficient (Wildman–Crippen LogP) is 3.31. The maximum absolute atomic E-state index is 11.5. The molecule has 0 saturated heterocycles. The molecule has 2 aromatic rings. The molecule has 0 saturated carbocycles. The summed E-state index contributed by atoms with van der Waals surface area (Å²) >= 11 is 0. The first kappa shape index (κ1) is 16.2. The monoisotopic (exact) mass is 301 g/mol. The van der Waals surface area contributed by atoms with Crippen molar-refractivity contribution in [2.45, 2.75) is 46.6 Å². The highest BCUT2D eigenvalue weighted by atomic mass is 16.5. The standard InChI is InChI=1S/C17H23N3O2/c1-11(2)16(21)18-10-14-19-15(20-22-14)12-6-8-13(9-7-12)17(3,4)5/h6-9,11H,10H2,1-5H3,(H,18,21). The normalized spacial score (nSPS) is 11.7. The number of benzene rings is 1. The van der Waals surface area contributed by atoms with Gasteiger partial charge in [-0.15, -0.1) is 0 Å². The molecule has 0 radical (unpaired) electrons. The molecule has 1 aromatic carbocycles. The largest absolute Gasteiger partial charge is 0.347 e. The van der Waals surface area contributed by atoms with Crippen molar-refractivity contribution in [3.63, 3.8) is 0 Å². The van der Waals surface area contributed by atoms with Crippen LogP contribution in [0.15, 0.2) is 28.8 Å². The second kappa shape index (κ2) is 6.30. The molecule has 0 bridgehead atoms. The molecule has 22 heavy (non-hydrogen) atoms. The van der Waals surface area contributed by atoms with E-state index < -0.39 is 0 Å². The van der Waals surface area contributed by atoms with Crippen LogP contribution in [0.5, 0.6) is 0 Å². The second-order valence-corrected chi connectivity index (χ2v) is 6.71. The van der Waals surface area contributed by atoms with Crippen LogP contribution in [0.25, 0.3) is 11.4 Å². The van der Waals surface area contributed by atoms with E-state index in [0.717, 1.165) is 5.56 Å². The highest BCUT2D eigenvalue weighted by Gasteiger charge is 2.15. The Kier molecular flexibility index (Phi) is 4.64. The molecule has 0 spiro atoms. The summed E-state index contributed by atoms with van der Waals surface area (Å²) < 4.78 is 5.17. The quantitative estimate of drug-likeness (QED) is 0.940. The number of amides is 1. The molecule has 0 aliphatic rings. The van der Waals surface area contributed by atoms with Gasteiger partial charge in [0.15, 0.2) is 0 Å². The third-order valence-corrected chi connectivity index (χ3v) is 3.42. The lowest BCUT2D eigenvalue weighted by Gasteiger charge is -2.18. The number of hydrogen-bond acceptors (Lipinski definition) is 4. The minimum absolute atomic E-state index is 0.0331. The number of carbonyl (C=O) groups is 1. The van der Waals surface area contributed by atoms with E-state index in [4.69, 9.17) is 4.52 Å². The molecule has 0 aliphatic heterocycles. The van der Waals surface area contributed by atoms with Gasteiger partial charge in [-0.05, 0) is 11.0 Å². The van der Waals surface area contributed by atoms with Gasteiger partial charge in [0.05, 0.1) is 6.54 Å². The zero-order valence-corrected chi connectivity index (χ0v) is 13.8. The number of nitrogens with one attached hydrogen (secondary N) is 1. The van der Waals surface area contributed by atoms with Crippen molar-refractivity contribution < 1.29 is 9.32 Å². The van der Waals surface area contributed by atoms with Crippen LogP contribution in [0.4, 0.5) is 0 Å². The van der Waals surface area contributed by atoms with E-state index in [2.05, 4.69) is 48.4 Å². The van der Waals surface area contributed by atoms with Crippen LogP contribution in [0, 0.1) is 5.92 Å². The summed E-state index contributed by atoms with van der Waals surface area (Å²) in [4.78, 5) is 15.8. The van der Waals surface area contributed by atoms with Gasteiger partial charge in [-0.25, -0.2) is 0 Å². The molecule has 0 aliphatic carbocycles. The van der Waals surface area contributed by atoms with Gasteiger partial charge >= 0.3 is 0 Å². The van der Waals surface area contributed by atoms with Crippen molar-refractivity contribution in [3.05, 3.63) is 35.7 Å². The third-order valence-electron chi connectivity index (χ3n) is 3.42. The van der Waals surface area contributed by atoms with E-state index in [1.165, 1.54) is 5.56 Å². The Hall–Kier alpha value is -2.17. The van der Waals surface area contributed by atoms with Crippen LogP contribution >= 0.6 is 0 Å². The Morgan fingerprint density at radius 3 is 2.41 bits per heavy atom. The number of hydrogen-bond donors (Lipinski definition) is 1. The highest BCUT2D eigenvalue weighted by molar-refractivity contribution is 5.77. The summed E-state index contributed by atoms with van der Waals surface area (Å²) in [5.74, 6) is 0.847. The Balaban J connectivity index is 2.06. The van der Waals surface area contributed by atoms with Gasteiger partial charge in [-0.1, -0.05) is 64.0 Å². The average molecular weight is 301 g/mol. The first-order chi connectivity index (χ1) is 10.3. The molecule has 0 unspecified atom stereocenters. The fourth-order valence-corrected chi connectivity index (χ4v) is 1.93. The molecule has 1 aromatic heterocycles. The van der Waals surface area contributed by atoms with Crippen LogP contribution in [0.2, 0.25) is 0 Å². The van der Waals surface area contributed by atoms with Crippen LogP contribution in [0.1, 0.15) is 46.1 Å². The van der Waals surface area contributed by atoms with E-state index in [-0.39, 0.29) is 23.8 Å². The summed E-state index contributed by atoms with van der Waals surface area (Å²) in [6.45, 7) is 10.4. The highest BCUT2D eigenvalue weighted by Crippen LogP contribution is 2.24. The lowest BCUT2D eigenvalue weighted by molar-refractivity contribution is -0.124. The second-order valence-electron chi connectivity index (χ2n) is 6.71.